The molecule has 2 N–H and O–H groups in total. The highest BCUT2D eigenvalue weighted by atomic mass is 19.3. The number of oxazole rings is 1. The van der Waals surface area contributed by atoms with E-state index in [9.17, 15) is 23.5 Å². The van der Waals surface area contributed by atoms with Crippen molar-refractivity contribution >= 4 is 11.9 Å². The second kappa shape index (κ2) is 9.17. The summed E-state index contributed by atoms with van der Waals surface area (Å²) >= 11 is 0. The quantitative estimate of drug-likeness (QED) is 0.605. The Labute approximate surface area is 171 Å². The number of rotatable bonds is 9. The third kappa shape index (κ3) is 4.91. The van der Waals surface area contributed by atoms with Gasteiger partial charge in [-0.3, -0.25) is 4.79 Å². The van der Waals surface area contributed by atoms with Gasteiger partial charge in [-0.2, -0.15) is 8.78 Å². The molecule has 1 fully saturated rings. The number of carbonyl (C=O) groups is 2. The predicted octanol–water partition coefficient (Wildman–Crippen LogP) is 3.01. The number of nitrogens with zero attached hydrogens (tertiary/aromatic N) is 2. The molecule has 0 bridgehead atoms. The fraction of sp³-hybridized carbons (Fsp3) is 0.381. The van der Waals surface area contributed by atoms with Crippen molar-refractivity contribution in [3.63, 3.8) is 0 Å². The van der Waals surface area contributed by atoms with E-state index in [1.54, 1.807) is 11.0 Å². The van der Waals surface area contributed by atoms with Crippen LogP contribution in [-0.2, 0) is 17.1 Å². The molecule has 0 spiro atoms. The zero-order chi connectivity index (χ0) is 21.7. The van der Waals surface area contributed by atoms with Crippen molar-refractivity contribution in [1.29, 1.82) is 0 Å². The lowest BCUT2D eigenvalue weighted by Crippen LogP contribution is -2.34. The van der Waals surface area contributed by atoms with Crippen LogP contribution >= 0.6 is 0 Å². The summed E-state index contributed by atoms with van der Waals surface area (Å²) in [6.07, 6.45) is 3.17. The van der Waals surface area contributed by atoms with Crippen LogP contribution in [0.3, 0.4) is 0 Å². The highest BCUT2D eigenvalue weighted by Crippen LogP contribution is 2.32. The van der Waals surface area contributed by atoms with Crippen LogP contribution in [0.15, 0.2) is 53.1 Å². The standard InChI is InChI=1S/C21H22F2N2O5/c22-21(23,14-5-2-1-3-6-14)17(26)10-8-15-9-11-19(27)25(15)12-4-7-18-24-13-16(30-18)20(28)29/h1-3,5-6,8,10,13,15,17,26H,4,7,9,11-12H2,(H,28,29). The smallest absolute Gasteiger partial charge is 0.373 e. The van der Waals surface area contributed by atoms with Gasteiger partial charge in [-0.05, 0) is 12.8 Å². The van der Waals surface area contributed by atoms with Gasteiger partial charge >= 0.3 is 11.9 Å². The molecule has 0 aliphatic carbocycles. The second-order valence-corrected chi connectivity index (χ2v) is 7.04. The number of aryl methyl sites for hydroxylation is 1. The maximum Gasteiger partial charge on any atom is 0.373 e. The Morgan fingerprint density at radius 3 is 2.77 bits per heavy atom. The fourth-order valence-corrected chi connectivity index (χ4v) is 3.36. The summed E-state index contributed by atoms with van der Waals surface area (Å²) in [5.41, 5.74) is -0.284. The maximum atomic E-state index is 14.4. The van der Waals surface area contributed by atoms with Crippen molar-refractivity contribution in [2.75, 3.05) is 6.54 Å². The number of aliphatic hydroxyl groups excluding tert-OH is 1. The number of amides is 1. The first kappa shape index (κ1) is 21.6. The number of aromatic carboxylic acids is 1. The SMILES string of the molecule is O=C(O)c1cnc(CCCN2C(=O)CCC2C=CC(O)C(F)(F)c2ccccc2)o1. The van der Waals surface area contributed by atoms with Crippen LogP contribution in [0.25, 0.3) is 0 Å². The van der Waals surface area contributed by atoms with E-state index in [-0.39, 0.29) is 23.1 Å². The molecule has 1 saturated heterocycles. The molecule has 1 aliphatic heterocycles. The van der Waals surface area contributed by atoms with Crippen molar-refractivity contribution in [2.24, 2.45) is 0 Å². The van der Waals surface area contributed by atoms with Gasteiger partial charge in [-0.25, -0.2) is 9.78 Å². The number of carboxylic acids is 1. The number of aliphatic hydroxyl groups is 1. The molecular weight excluding hydrogens is 398 g/mol. The molecule has 1 aromatic carbocycles. The summed E-state index contributed by atoms with van der Waals surface area (Å²) in [6, 6.07) is 6.68. The van der Waals surface area contributed by atoms with Crippen molar-refractivity contribution < 1.29 is 33.0 Å². The lowest BCUT2D eigenvalue weighted by atomic mass is 10.0. The molecular formula is C21H22F2N2O5. The zero-order valence-corrected chi connectivity index (χ0v) is 16.1. The van der Waals surface area contributed by atoms with Gasteiger partial charge in [-0.1, -0.05) is 42.5 Å². The number of aromatic nitrogens is 1. The molecule has 0 radical (unpaired) electrons. The van der Waals surface area contributed by atoms with Gasteiger partial charge in [0.25, 0.3) is 0 Å². The molecule has 1 aromatic heterocycles. The third-order valence-electron chi connectivity index (χ3n) is 4.97. The Morgan fingerprint density at radius 2 is 2.10 bits per heavy atom. The highest BCUT2D eigenvalue weighted by Gasteiger charge is 2.39. The van der Waals surface area contributed by atoms with E-state index >= 15 is 0 Å². The van der Waals surface area contributed by atoms with Gasteiger partial charge in [0.05, 0.1) is 12.2 Å². The summed E-state index contributed by atoms with van der Waals surface area (Å²) in [6.45, 7) is 0.337. The molecule has 7 nitrogen and oxygen atoms in total. The van der Waals surface area contributed by atoms with Crippen molar-refractivity contribution in [3.8, 4) is 0 Å². The Bertz CT molecular complexity index is 913. The molecule has 160 valence electrons. The van der Waals surface area contributed by atoms with E-state index < -0.39 is 24.0 Å². The molecule has 2 aromatic rings. The van der Waals surface area contributed by atoms with Crippen LogP contribution in [0.1, 0.15) is 41.3 Å². The van der Waals surface area contributed by atoms with Gasteiger partial charge in [0.1, 0.15) is 6.10 Å². The molecule has 1 amide bonds. The minimum absolute atomic E-state index is 0.104. The summed E-state index contributed by atoms with van der Waals surface area (Å²) in [4.78, 5) is 28.4. The summed E-state index contributed by atoms with van der Waals surface area (Å²) in [5, 5.41) is 18.8. The molecule has 0 saturated carbocycles. The van der Waals surface area contributed by atoms with Crippen LogP contribution in [0.4, 0.5) is 8.78 Å². The molecule has 2 heterocycles. The number of likely N-dealkylation sites (tertiary alicyclic amines) is 1. The summed E-state index contributed by atoms with van der Waals surface area (Å²) in [7, 11) is 0. The molecule has 30 heavy (non-hydrogen) atoms. The lowest BCUT2D eigenvalue weighted by Gasteiger charge is -2.24. The average Bonchev–Trinajstić information content (AvgIpc) is 3.34. The summed E-state index contributed by atoms with van der Waals surface area (Å²) < 4.78 is 33.9. The maximum absolute atomic E-state index is 14.4. The van der Waals surface area contributed by atoms with Gasteiger partial charge < -0.3 is 19.5 Å². The molecule has 2 unspecified atom stereocenters. The monoisotopic (exact) mass is 420 g/mol. The Kier molecular flexibility index (Phi) is 6.61. The van der Waals surface area contributed by atoms with E-state index in [4.69, 9.17) is 9.52 Å². The van der Waals surface area contributed by atoms with Crippen molar-refractivity contribution in [2.45, 2.75) is 43.8 Å². The Balaban J connectivity index is 1.58. The van der Waals surface area contributed by atoms with E-state index in [1.165, 1.54) is 30.3 Å². The number of alkyl halides is 2. The van der Waals surface area contributed by atoms with E-state index in [2.05, 4.69) is 4.98 Å². The van der Waals surface area contributed by atoms with Gasteiger partial charge in [-0.15, -0.1) is 0 Å². The van der Waals surface area contributed by atoms with Crippen molar-refractivity contribution in [1.82, 2.24) is 9.88 Å². The van der Waals surface area contributed by atoms with Crippen LogP contribution < -0.4 is 0 Å². The zero-order valence-electron chi connectivity index (χ0n) is 16.1. The summed E-state index contributed by atoms with van der Waals surface area (Å²) in [5.74, 6) is -4.76. The lowest BCUT2D eigenvalue weighted by molar-refractivity contribution is -0.128. The van der Waals surface area contributed by atoms with Crippen LogP contribution in [0, 0.1) is 0 Å². The Hall–Kier alpha value is -3.07. The first-order valence-electron chi connectivity index (χ1n) is 9.56. The van der Waals surface area contributed by atoms with E-state index in [1.807, 2.05) is 0 Å². The molecule has 9 heteroatoms. The number of carboxylic acid groups (broad SMARTS) is 1. The molecule has 3 rings (SSSR count). The van der Waals surface area contributed by atoms with E-state index in [0.717, 1.165) is 12.3 Å². The van der Waals surface area contributed by atoms with Gasteiger partial charge in [0.2, 0.25) is 11.7 Å². The van der Waals surface area contributed by atoms with Crippen LogP contribution in [0.5, 0.6) is 0 Å². The number of halogens is 2. The van der Waals surface area contributed by atoms with E-state index in [0.29, 0.717) is 32.2 Å². The second-order valence-electron chi connectivity index (χ2n) is 7.04. The largest absolute Gasteiger partial charge is 0.475 e. The normalized spacial score (nSPS) is 18.3. The van der Waals surface area contributed by atoms with Crippen LogP contribution in [-0.4, -0.2) is 50.7 Å². The number of hydrogen-bond donors (Lipinski definition) is 2. The van der Waals surface area contributed by atoms with Gasteiger partial charge in [0, 0.05) is 24.9 Å². The molecule has 2 atom stereocenters. The number of benzene rings is 1. The fourth-order valence-electron chi connectivity index (χ4n) is 3.36. The average molecular weight is 420 g/mol. The first-order chi connectivity index (χ1) is 14.3. The Morgan fingerprint density at radius 1 is 1.37 bits per heavy atom. The first-order valence-corrected chi connectivity index (χ1v) is 9.56. The number of carbonyl (C=O) groups excluding carboxylic acids is 1. The van der Waals surface area contributed by atoms with Crippen LogP contribution in [0.2, 0.25) is 0 Å². The minimum Gasteiger partial charge on any atom is -0.475 e. The van der Waals surface area contributed by atoms with Crippen molar-refractivity contribution in [3.05, 3.63) is 65.9 Å². The topological polar surface area (TPSA) is 104 Å². The third-order valence-corrected chi connectivity index (χ3v) is 4.97. The number of hydrogen-bond acceptors (Lipinski definition) is 5. The highest BCUT2D eigenvalue weighted by molar-refractivity contribution is 5.83. The minimum atomic E-state index is -3.45. The predicted molar refractivity (Wildman–Crippen MR) is 102 cm³/mol. The molecule has 1 aliphatic rings. The van der Waals surface area contributed by atoms with Gasteiger partial charge in [0.15, 0.2) is 5.89 Å².